The summed E-state index contributed by atoms with van der Waals surface area (Å²) in [5.74, 6) is -0.995. The molecule has 3 N–H and O–H groups in total. The van der Waals surface area contributed by atoms with Gasteiger partial charge in [-0.15, -0.1) is 0 Å². The van der Waals surface area contributed by atoms with Crippen LogP contribution < -0.4 is 10.8 Å². The highest BCUT2D eigenvalue weighted by Gasteiger charge is 1.84. The van der Waals surface area contributed by atoms with E-state index in [1.165, 1.54) is 13.3 Å². The van der Waals surface area contributed by atoms with Crippen molar-refractivity contribution in [3.05, 3.63) is 0 Å². The zero-order valence-corrected chi connectivity index (χ0v) is 7.02. The largest absolute Gasteiger partial charge is 0.550 e. The Balaban J connectivity index is 0. The maximum Gasteiger partial charge on any atom is 0.0812 e. The monoisotopic (exact) mass is 147 g/mol. The summed E-state index contributed by atoms with van der Waals surface area (Å²) < 4.78 is 0. The summed E-state index contributed by atoms with van der Waals surface area (Å²) in [7, 11) is 0. The van der Waals surface area contributed by atoms with Crippen LogP contribution >= 0.6 is 0 Å². The molecule has 0 aliphatic heterocycles. The molecule has 0 fully saturated rings. The Labute approximate surface area is 62.2 Å². The van der Waals surface area contributed by atoms with Crippen LogP contribution in [0.2, 0.25) is 0 Å². The highest BCUT2D eigenvalue weighted by atomic mass is 16.4. The fourth-order valence-corrected chi connectivity index (χ4v) is 0. The van der Waals surface area contributed by atoms with Crippen LogP contribution in [0.5, 0.6) is 0 Å². The fourth-order valence-electron chi connectivity index (χ4n) is 0. The van der Waals surface area contributed by atoms with Crippen molar-refractivity contribution in [1.29, 1.82) is 0 Å². The maximum absolute atomic E-state index is 9.26. The minimum Gasteiger partial charge on any atom is -0.550 e. The van der Waals surface area contributed by atoms with Gasteiger partial charge in [0.1, 0.15) is 0 Å². The van der Waals surface area contributed by atoms with Crippen LogP contribution in [-0.2, 0) is 4.79 Å². The molecule has 0 aliphatic rings. The molecule has 0 aromatic carbocycles. The summed E-state index contributed by atoms with van der Waals surface area (Å²) in [6, 6.07) is 0.634. The SMILES string of the molecule is CCC(=O)[O-].CCC(C)[NH3+]. The van der Waals surface area contributed by atoms with E-state index >= 15 is 0 Å². The van der Waals surface area contributed by atoms with Gasteiger partial charge in [0.15, 0.2) is 0 Å². The van der Waals surface area contributed by atoms with Gasteiger partial charge in [-0.1, -0.05) is 13.8 Å². The summed E-state index contributed by atoms with van der Waals surface area (Å²) in [6.45, 7) is 5.78. The molecule has 0 aliphatic carbocycles. The lowest BCUT2D eigenvalue weighted by atomic mass is 10.3. The van der Waals surface area contributed by atoms with Crippen molar-refractivity contribution in [2.75, 3.05) is 0 Å². The molecule has 0 heterocycles. The molecular weight excluding hydrogens is 130 g/mol. The van der Waals surface area contributed by atoms with Crippen LogP contribution in [0.1, 0.15) is 33.6 Å². The van der Waals surface area contributed by atoms with Gasteiger partial charge in [0.2, 0.25) is 0 Å². The van der Waals surface area contributed by atoms with Crippen LogP contribution in [0.15, 0.2) is 0 Å². The Bertz CT molecular complexity index is 81.7. The highest BCUT2D eigenvalue weighted by Crippen LogP contribution is 1.74. The Hall–Kier alpha value is -0.570. The van der Waals surface area contributed by atoms with E-state index in [-0.39, 0.29) is 6.42 Å². The lowest BCUT2D eigenvalue weighted by Crippen LogP contribution is -2.58. The van der Waals surface area contributed by atoms with Gasteiger partial charge in [0.05, 0.1) is 6.04 Å². The zero-order chi connectivity index (χ0) is 8.57. The number of hydrogen-bond donors (Lipinski definition) is 1. The fraction of sp³-hybridized carbons (Fsp3) is 0.857. The van der Waals surface area contributed by atoms with Gasteiger partial charge < -0.3 is 15.6 Å². The van der Waals surface area contributed by atoms with E-state index in [1.807, 2.05) is 0 Å². The van der Waals surface area contributed by atoms with Crippen LogP contribution in [0.3, 0.4) is 0 Å². The number of carbonyl (C=O) groups is 1. The van der Waals surface area contributed by atoms with Crippen LogP contribution in [0.25, 0.3) is 0 Å². The van der Waals surface area contributed by atoms with Crippen molar-refractivity contribution in [2.45, 2.75) is 39.7 Å². The van der Waals surface area contributed by atoms with E-state index in [1.54, 1.807) is 0 Å². The lowest BCUT2D eigenvalue weighted by Gasteiger charge is -1.87. The predicted octanol–water partition coefficient (Wildman–Crippen LogP) is -0.827. The Morgan fingerprint density at radius 3 is 1.80 bits per heavy atom. The number of carboxylic acid groups (broad SMARTS) is 1. The molecule has 10 heavy (non-hydrogen) atoms. The smallest absolute Gasteiger partial charge is 0.0812 e. The van der Waals surface area contributed by atoms with Crippen molar-refractivity contribution in [3.63, 3.8) is 0 Å². The molecule has 0 radical (unpaired) electrons. The first-order chi connectivity index (χ1) is 4.54. The molecule has 1 unspecified atom stereocenters. The van der Waals surface area contributed by atoms with Crippen LogP contribution in [-0.4, -0.2) is 12.0 Å². The molecule has 3 heteroatoms. The number of carbonyl (C=O) groups excluding carboxylic acids is 1. The summed E-state index contributed by atoms with van der Waals surface area (Å²) in [6.07, 6.45) is 1.31. The van der Waals surface area contributed by atoms with Crippen molar-refractivity contribution in [2.24, 2.45) is 0 Å². The third-order valence-electron chi connectivity index (χ3n) is 0.986. The topological polar surface area (TPSA) is 67.8 Å². The molecule has 0 bridgehead atoms. The predicted molar refractivity (Wildman–Crippen MR) is 37.9 cm³/mol. The Morgan fingerprint density at radius 2 is 1.80 bits per heavy atom. The van der Waals surface area contributed by atoms with E-state index in [4.69, 9.17) is 0 Å². The van der Waals surface area contributed by atoms with Gasteiger partial charge in [-0.3, -0.25) is 0 Å². The van der Waals surface area contributed by atoms with Crippen molar-refractivity contribution >= 4 is 5.97 Å². The van der Waals surface area contributed by atoms with Crippen LogP contribution in [0.4, 0.5) is 0 Å². The van der Waals surface area contributed by atoms with E-state index in [0.29, 0.717) is 6.04 Å². The van der Waals surface area contributed by atoms with Crippen LogP contribution in [0, 0.1) is 0 Å². The van der Waals surface area contributed by atoms with Gasteiger partial charge in [-0.2, -0.15) is 0 Å². The highest BCUT2D eigenvalue weighted by molar-refractivity contribution is 5.63. The minimum atomic E-state index is -0.995. The molecule has 3 nitrogen and oxygen atoms in total. The molecule has 0 spiro atoms. The molecule has 1 atom stereocenters. The summed E-state index contributed by atoms with van der Waals surface area (Å²) in [4.78, 5) is 9.26. The molecule has 0 aromatic heterocycles. The molecule has 0 aromatic rings. The standard InChI is InChI=1S/C4H11N.C3H6O2/c1-3-4(2)5;1-2-3(4)5/h4H,3,5H2,1-2H3;2H2,1H3,(H,4,5). The first-order valence-corrected chi connectivity index (χ1v) is 3.57. The van der Waals surface area contributed by atoms with Gasteiger partial charge in [-0.05, 0) is 19.8 Å². The number of quaternary nitrogens is 1. The zero-order valence-electron chi connectivity index (χ0n) is 7.02. The third-order valence-corrected chi connectivity index (χ3v) is 0.986. The second-order valence-electron chi connectivity index (χ2n) is 2.24. The second-order valence-corrected chi connectivity index (χ2v) is 2.24. The third kappa shape index (κ3) is 26.1. The number of hydrogen-bond acceptors (Lipinski definition) is 2. The second kappa shape index (κ2) is 8.43. The van der Waals surface area contributed by atoms with E-state index in [9.17, 15) is 9.90 Å². The minimum absolute atomic E-state index is 0.111. The normalized spacial score (nSPS) is 11.2. The number of aliphatic carboxylic acids is 1. The van der Waals surface area contributed by atoms with Crippen molar-refractivity contribution < 1.29 is 15.6 Å². The Morgan fingerprint density at radius 1 is 1.60 bits per heavy atom. The van der Waals surface area contributed by atoms with Crippen molar-refractivity contribution in [3.8, 4) is 0 Å². The number of carboxylic acids is 1. The maximum atomic E-state index is 9.26. The van der Waals surface area contributed by atoms with Gasteiger partial charge in [0, 0.05) is 5.97 Å². The molecular formula is C7H17NO2. The summed E-state index contributed by atoms with van der Waals surface area (Å²) >= 11 is 0. The molecule has 0 rings (SSSR count). The summed E-state index contributed by atoms with van der Waals surface area (Å²) in [5.41, 5.74) is 3.76. The molecule has 62 valence electrons. The van der Waals surface area contributed by atoms with E-state index in [2.05, 4.69) is 19.6 Å². The first kappa shape index (κ1) is 12.1. The average molecular weight is 147 g/mol. The van der Waals surface area contributed by atoms with Gasteiger partial charge in [0.25, 0.3) is 0 Å². The van der Waals surface area contributed by atoms with E-state index < -0.39 is 5.97 Å². The Kier molecular flexibility index (Phi) is 10.2. The summed E-state index contributed by atoms with van der Waals surface area (Å²) in [5, 5.41) is 9.26. The average Bonchev–Trinajstić information content (AvgIpc) is 1.89. The van der Waals surface area contributed by atoms with Gasteiger partial charge in [-0.25, -0.2) is 0 Å². The number of rotatable bonds is 2. The molecule has 0 saturated heterocycles. The quantitative estimate of drug-likeness (QED) is 0.554. The van der Waals surface area contributed by atoms with Crippen molar-refractivity contribution in [1.82, 2.24) is 0 Å². The van der Waals surface area contributed by atoms with Gasteiger partial charge >= 0.3 is 0 Å². The lowest BCUT2D eigenvalue weighted by molar-refractivity contribution is -0.414. The molecule has 0 saturated carbocycles. The van der Waals surface area contributed by atoms with E-state index in [0.717, 1.165) is 0 Å². The first-order valence-electron chi connectivity index (χ1n) is 3.57. The molecule has 0 amide bonds.